The highest BCUT2D eigenvalue weighted by molar-refractivity contribution is 7.99. The number of nitrogens with one attached hydrogen (secondary N) is 2. The number of rotatable bonds is 23. The largest absolute Gasteiger partial charge is 0.501 e. The molecule has 1 saturated heterocycles. The van der Waals surface area contributed by atoms with E-state index in [0.717, 1.165) is 74.7 Å². The smallest absolute Gasteiger partial charge is 0.380 e. The van der Waals surface area contributed by atoms with Crippen LogP contribution in [0.2, 0.25) is 5.02 Å². The van der Waals surface area contributed by atoms with Crippen molar-refractivity contribution in [3.05, 3.63) is 119 Å². The SMILES string of the molecule is CCOP(=O)(CCN(C)CC[C@H](CSc1ccccc1)Nc1ccc(S(=O)(=O)NC(=O)c2ccc(N3CCN(CC4=C(c5ccc(Cl)cc5)CCC(C)(C)C4)CC3)cc2)cc1S(=O)(=O)C(F)(F)F)OCC. The Hall–Kier alpha value is -3.91. The Bertz CT molecular complexity index is 2740. The number of halogens is 4. The normalized spacial score (nSPS) is 16.6. The number of sulfone groups is 1. The zero-order valence-corrected chi connectivity index (χ0v) is 44.8. The number of carbonyl (C=O) groups is 1. The molecule has 0 unspecified atom stereocenters. The van der Waals surface area contributed by atoms with Crippen LogP contribution in [0.1, 0.15) is 69.3 Å². The van der Waals surface area contributed by atoms with Crippen molar-refractivity contribution in [1.82, 2.24) is 14.5 Å². The van der Waals surface area contributed by atoms with Crippen molar-refractivity contribution < 1.29 is 48.4 Å². The molecular formula is C50H64ClF3N5O8PS3. The molecule has 2 N–H and O–H groups in total. The van der Waals surface area contributed by atoms with Crippen molar-refractivity contribution >= 4 is 73.7 Å². The van der Waals surface area contributed by atoms with Crippen molar-refractivity contribution in [2.45, 2.75) is 79.6 Å². The van der Waals surface area contributed by atoms with Crippen molar-refractivity contribution in [2.24, 2.45) is 5.41 Å². The van der Waals surface area contributed by atoms with E-state index in [-0.39, 0.29) is 42.5 Å². The summed E-state index contributed by atoms with van der Waals surface area (Å²) in [6, 6.07) is 25.3. The molecule has 1 aliphatic heterocycles. The summed E-state index contributed by atoms with van der Waals surface area (Å²) >= 11 is 7.58. The number of anilines is 2. The number of amides is 1. The average Bonchev–Trinajstić information content (AvgIpc) is 3.32. The van der Waals surface area contributed by atoms with Crippen LogP contribution in [0.3, 0.4) is 0 Å². The lowest BCUT2D eigenvalue weighted by molar-refractivity contribution is -0.0436. The number of carbonyl (C=O) groups excluding carboxylic acids is 1. The van der Waals surface area contributed by atoms with Crippen LogP contribution in [0.25, 0.3) is 5.57 Å². The first-order valence-corrected chi connectivity index (χ1v) is 29.6. The lowest BCUT2D eigenvalue weighted by Gasteiger charge is -2.39. The molecule has 1 heterocycles. The molecular weight excluding hydrogens is 1020 g/mol. The fourth-order valence-corrected chi connectivity index (χ4v) is 13.5. The van der Waals surface area contributed by atoms with Gasteiger partial charge < -0.3 is 24.2 Å². The highest BCUT2D eigenvalue weighted by atomic mass is 35.5. The highest BCUT2D eigenvalue weighted by Crippen LogP contribution is 2.48. The second-order valence-electron chi connectivity index (χ2n) is 18.5. The molecule has 1 fully saturated rings. The second-order valence-corrected chi connectivity index (χ2v) is 25.8. The Morgan fingerprint density at radius 2 is 1.55 bits per heavy atom. The maximum Gasteiger partial charge on any atom is 0.501 e. The summed E-state index contributed by atoms with van der Waals surface area (Å²) < 4.78 is 122. The van der Waals surface area contributed by atoms with Gasteiger partial charge in [-0.2, -0.15) is 13.2 Å². The number of hydrogen-bond donors (Lipinski definition) is 2. The molecule has 4 aromatic carbocycles. The predicted octanol–water partition coefficient (Wildman–Crippen LogP) is 10.7. The van der Waals surface area contributed by atoms with E-state index in [4.69, 9.17) is 20.6 Å². The van der Waals surface area contributed by atoms with Crippen molar-refractivity contribution in [1.29, 1.82) is 0 Å². The Morgan fingerprint density at radius 3 is 2.17 bits per heavy atom. The summed E-state index contributed by atoms with van der Waals surface area (Å²) in [5.41, 5.74) is -1.22. The Morgan fingerprint density at radius 1 is 0.901 bits per heavy atom. The average molecular weight is 1080 g/mol. The summed E-state index contributed by atoms with van der Waals surface area (Å²) in [6.07, 6.45) is 3.50. The monoisotopic (exact) mass is 1080 g/mol. The first-order chi connectivity index (χ1) is 33.5. The third-order valence-corrected chi connectivity index (χ3v) is 18.9. The standard InChI is InChI=1S/C50H64ClF3N5O8PS3/c1-6-66-68(61,67-7-2)32-31-57(5)26-24-41(36-69-43-11-9-8-10-12-43)55-46-22-21-44(33-47(46)70(62,63)50(52,53)54)71(64,65)56-48(60)38-15-19-42(20-16-38)59-29-27-58(28-30-59)35-39-34-49(3,4)25-23-45(39)37-13-17-40(51)18-14-37/h8-22,33,41,55H,6-7,23-32,34-36H2,1-5H3,(H,56,60)/t41-/m1/s1. The lowest BCUT2D eigenvalue weighted by Crippen LogP contribution is -2.47. The molecule has 388 valence electrons. The van der Waals surface area contributed by atoms with Gasteiger partial charge in [0.05, 0.1) is 30.0 Å². The molecule has 2 aliphatic rings. The minimum Gasteiger partial charge on any atom is -0.380 e. The number of thioether (sulfide) groups is 1. The zero-order valence-electron chi connectivity index (χ0n) is 40.7. The molecule has 13 nitrogen and oxygen atoms in total. The Labute approximate surface area is 426 Å². The molecule has 6 rings (SSSR count). The van der Waals surface area contributed by atoms with E-state index >= 15 is 0 Å². The highest BCUT2D eigenvalue weighted by Gasteiger charge is 2.48. The van der Waals surface area contributed by atoms with Gasteiger partial charge in [-0.1, -0.05) is 61.4 Å². The molecule has 71 heavy (non-hydrogen) atoms. The van der Waals surface area contributed by atoms with Gasteiger partial charge in [0, 0.05) is 72.2 Å². The van der Waals surface area contributed by atoms with Gasteiger partial charge in [-0.25, -0.2) is 21.6 Å². The molecule has 21 heteroatoms. The van der Waals surface area contributed by atoms with Crippen molar-refractivity contribution in [3.8, 4) is 0 Å². The number of hydrogen-bond acceptors (Lipinski definition) is 13. The molecule has 0 spiro atoms. The van der Waals surface area contributed by atoms with E-state index in [0.29, 0.717) is 24.2 Å². The molecule has 0 bridgehead atoms. The van der Waals surface area contributed by atoms with Crippen LogP contribution in [-0.4, -0.2) is 122 Å². The predicted molar refractivity (Wildman–Crippen MR) is 278 cm³/mol. The van der Waals surface area contributed by atoms with Crippen LogP contribution >= 0.6 is 31.0 Å². The van der Waals surface area contributed by atoms with Crippen LogP contribution in [0.4, 0.5) is 24.5 Å². The molecule has 0 aromatic heterocycles. The van der Waals surface area contributed by atoms with Gasteiger partial charge in [-0.05, 0) is 136 Å². The molecule has 0 saturated carbocycles. The van der Waals surface area contributed by atoms with Crippen LogP contribution < -0.4 is 14.9 Å². The quantitative estimate of drug-likeness (QED) is 0.0535. The van der Waals surface area contributed by atoms with E-state index in [1.807, 2.05) is 52.1 Å². The van der Waals surface area contributed by atoms with Gasteiger partial charge >= 0.3 is 13.1 Å². The topological polar surface area (TPSA) is 155 Å². The molecule has 1 aliphatic carbocycles. The van der Waals surface area contributed by atoms with Crippen LogP contribution in [0.15, 0.2) is 117 Å². The number of alkyl halides is 3. The first-order valence-electron chi connectivity index (χ1n) is 23.6. The maximum atomic E-state index is 14.3. The van der Waals surface area contributed by atoms with Gasteiger partial charge in [0.15, 0.2) is 0 Å². The first kappa shape index (κ1) is 56.4. The third-order valence-electron chi connectivity index (χ3n) is 12.5. The van der Waals surface area contributed by atoms with Gasteiger partial charge in [0.1, 0.15) is 4.90 Å². The number of sulfonamides is 1. The van der Waals surface area contributed by atoms with Crippen molar-refractivity contribution in [2.75, 3.05) is 88.2 Å². The third kappa shape index (κ3) is 15.6. The van der Waals surface area contributed by atoms with E-state index in [1.165, 1.54) is 40.6 Å². The minimum atomic E-state index is -6.13. The van der Waals surface area contributed by atoms with E-state index < -0.39 is 60.4 Å². The molecule has 0 radical (unpaired) electrons. The van der Waals surface area contributed by atoms with Crippen LogP contribution in [0.5, 0.6) is 0 Å². The summed E-state index contributed by atoms with van der Waals surface area (Å²) in [6.45, 7) is 13.0. The summed E-state index contributed by atoms with van der Waals surface area (Å²) in [7, 11) is -12.6. The molecule has 1 atom stereocenters. The summed E-state index contributed by atoms with van der Waals surface area (Å²) in [5, 5.41) is 3.66. The minimum absolute atomic E-state index is 0.0266. The maximum absolute atomic E-state index is 14.3. The second kappa shape index (κ2) is 24.4. The van der Waals surface area contributed by atoms with E-state index in [2.05, 4.69) is 41.1 Å². The van der Waals surface area contributed by atoms with Crippen LogP contribution in [0, 0.1) is 5.41 Å². The fraction of sp³-hybridized carbons (Fsp3) is 0.460. The number of benzene rings is 4. The van der Waals surface area contributed by atoms with Gasteiger partial charge in [-0.3, -0.25) is 14.3 Å². The number of nitrogens with zero attached hydrogens (tertiary/aromatic N) is 3. The molecule has 1 amide bonds. The van der Waals surface area contributed by atoms with Crippen LogP contribution in [-0.2, 0) is 33.5 Å². The van der Waals surface area contributed by atoms with Gasteiger partial charge in [0.25, 0.3) is 25.8 Å². The van der Waals surface area contributed by atoms with E-state index in [1.54, 1.807) is 33.0 Å². The Kier molecular flexibility index (Phi) is 19.4. The zero-order chi connectivity index (χ0) is 51.6. The summed E-state index contributed by atoms with van der Waals surface area (Å²) in [5.74, 6) is -0.779. The van der Waals surface area contributed by atoms with Gasteiger partial charge in [0.2, 0.25) is 0 Å². The number of piperazine rings is 1. The van der Waals surface area contributed by atoms with Crippen molar-refractivity contribution in [3.63, 3.8) is 0 Å². The lowest BCUT2D eigenvalue weighted by atomic mass is 9.73. The van der Waals surface area contributed by atoms with Gasteiger partial charge in [-0.15, -0.1) is 11.8 Å². The summed E-state index contributed by atoms with van der Waals surface area (Å²) in [4.78, 5) is 18.6. The molecule has 4 aromatic rings. The fourth-order valence-electron chi connectivity index (χ4n) is 8.67. The van der Waals surface area contributed by atoms with E-state index in [9.17, 15) is 39.4 Å². The number of allylic oxidation sites excluding steroid dienone is 1. The Balaban J connectivity index is 1.13.